The van der Waals surface area contributed by atoms with Gasteiger partial charge in [-0.1, -0.05) is 64.1 Å². The summed E-state index contributed by atoms with van der Waals surface area (Å²) >= 11 is 0. The van der Waals surface area contributed by atoms with Crippen LogP contribution in [0.15, 0.2) is 54.6 Å². The highest BCUT2D eigenvalue weighted by Gasteiger charge is 2.37. The average molecular weight is 1000 g/mol. The average Bonchev–Trinajstić information content (AvgIpc) is 3.68. The Labute approximate surface area is 408 Å². The number of carbonyl (C=O) groups excluding carboxylic acids is 7. The second kappa shape index (κ2) is 26.3. The van der Waals surface area contributed by atoms with Gasteiger partial charge in [-0.15, -0.1) is 0 Å². The minimum atomic E-state index is -1.77. The zero-order chi connectivity index (χ0) is 51.0. The third-order valence-electron chi connectivity index (χ3n) is 11.2. The number of aliphatic hydroxyl groups is 2. The van der Waals surface area contributed by atoms with Gasteiger partial charge >= 0.3 is 12.1 Å². The van der Waals surface area contributed by atoms with Crippen LogP contribution in [0.25, 0.3) is 5.57 Å². The van der Waals surface area contributed by atoms with E-state index in [1.165, 1.54) is 19.1 Å². The van der Waals surface area contributed by atoms with Gasteiger partial charge in [0.25, 0.3) is 0 Å². The summed E-state index contributed by atoms with van der Waals surface area (Å²) in [5, 5.41) is 55.9. The van der Waals surface area contributed by atoms with Crippen LogP contribution in [0.1, 0.15) is 83.4 Å². The molecule has 1 fully saturated rings. The van der Waals surface area contributed by atoms with Crippen LogP contribution in [0, 0.1) is 5.92 Å². The molecule has 1 saturated heterocycles. The Morgan fingerprint density at radius 1 is 0.841 bits per heavy atom. The van der Waals surface area contributed by atoms with Gasteiger partial charge in [0.2, 0.25) is 29.5 Å². The number of benzene rings is 2. The number of unbranched alkanes of at least 4 members (excludes halogenated alkanes) is 1. The SMILES string of the molecule is C[C@@H](O)[C@H](NC(=O)[C@@H]1CSSC[C@H](N)C(=O)C[C@@H](Cc2ccc(O)cc2)C(=O)N[C@H](CC2=CCc3ccccc32)C(=O)N[C@@H](CCCCNC(=O)OC(C)(C)C)C(=O)N[C@@H]([C@@H](C)O)C(=O)N1)C(=O)O. The van der Waals surface area contributed by atoms with Gasteiger partial charge < -0.3 is 62.8 Å². The normalized spacial score (nSPS) is 23.6. The van der Waals surface area contributed by atoms with E-state index in [1.54, 1.807) is 32.9 Å². The number of hydrogen-bond acceptors (Lipinski definition) is 15. The largest absolute Gasteiger partial charge is 0.508 e. The summed E-state index contributed by atoms with van der Waals surface area (Å²) < 4.78 is 5.30. The molecule has 6 amide bonds. The lowest BCUT2D eigenvalue weighted by atomic mass is 9.91. The van der Waals surface area contributed by atoms with Crippen LogP contribution in [0.2, 0.25) is 0 Å². The molecule has 9 atom stereocenters. The molecular weight excluding hydrogens is 935 g/mol. The van der Waals surface area contributed by atoms with Crippen molar-refractivity contribution < 1.29 is 63.5 Å². The highest BCUT2D eigenvalue weighted by Crippen LogP contribution is 2.31. The summed E-state index contributed by atoms with van der Waals surface area (Å²) in [5.74, 6) is -7.91. The Bertz CT molecular complexity index is 2180. The number of phenols is 1. The molecule has 69 heavy (non-hydrogen) atoms. The Kier molecular flexibility index (Phi) is 21.3. The fourth-order valence-corrected chi connectivity index (χ4v) is 9.75. The second-order valence-corrected chi connectivity index (χ2v) is 20.7. The molecule has 0 saturated carbocycles. The molecule has 12 N–H and O–H groups in total. The predicted octanol–water partition coefficient (Wildman–Crippen LogP) is 1.23. The number of rotatable bonds is 14. The number of aliphatic hydroxyl groups excluding tert-OH is 2. The molecule has 1 aliphatic heterocycles. The number of aliphatic carboxylic acids is 1. The van der Waals surface area contributed by atoms with Crippen molar-refractivity contribution in [2.24, 2.45) is 11.7 Å². The lowest BCUT2D eigenvalue weighted by Gasteiger charge is -2.29. The van der Waals surface area contributed by atoms with E-state index >= 15 is 0 Å². The molecule has 1 aliphatic carbocycles. The molecule has 2 aliphatic rings. The maximum Gasteiger partial charge on any atom is 0.407 e. The van der Waals surface area contributed by atoms with E-state index in [0.717, 1.165) is 45.2 Å². The Balaban J connectivity index is 1.74. The standard InChI is InChI=1S/C47H65N7O13S2/c1-25(55)38-44(63)52-36(43(62)54-39(26(2)56)45(64)65)24-69-68-23-33(48)37(58)22-30(20-27-13-17-31(57)18-14-27)40(59)51-35(21-29-16-15-28-10-6-7-11-32(28)29)42(61)50-34(41(60)53-38)12-8-9-19-49-46(66)67-47(3,4)5/h6-7,10-11,13-14,16-18,25-26,30,33-36,38-39,55-57H,8-9,12,15,19-24,48H2,1-5H3,(H,49,66)(H,50,61)(H,51,59)(H,52,63)(H,53,60)(H,54,62)(H,64,65)/t25-,26-,30-,33+,34+,35-,36+,38+,39+/m1/s1. The maximum atomic E-state index is 14.6. The lowest BCUT2D eigenvalue weighted by molar-refractivity contribution is -0.145. The number of Topliss-reactive ketones (excluding diaryl/α,β-unsaturated/α-hetero) is 1. The molecule has 22 heteroatoms. The van der Waals surface area contributed by atoms with E-state index < -0.39 is 107 Å². The summed E-state index contributed by atoms with van der Waals surface area (Å²) in [6.45, 7) is 7.60. The fraction of sp³-hybridized carbons (Fsp3) is 0.532. The van der Waals surface area contributed by atoms with Crippen LogP contribution in [0.4, 0.5) is 4.79 Å². The van der Waals surface area contributed by atoms with E-state index in [-0.39, 0.29) is 55.9 Å². The highest BCUT2D eigenvalue weighted by molar-refractivity contribution is 8.76. The molecule has 4 rings (SSSR count). The van der Waals surface area contributed by atoms with Gasteiger partial charge in [0.15, 0.2) is 11.8 Å². The van der Waals surface area contributed by atoms with Gasteiger partial charge in [-0.2, -0.15) is 0 Å². The number of nitrogens with one attached hydrogen (secondary N) is 6. The number of fused-ring (bicyclic) bond motifs is 1. The molecule has 20 nitrogen and oxygen atoms in total. The first kappa shape index (κ1) is 55.9. The molecular formula is C47H65N7O13S2. The smallest absolute Gasteiger partial charge is 0.407 e. The fourth-order valence-electron chi connectivity index (χ4n) is 7.43. The number of phenolic OH excluding ortho intramolecular Hbond substituents is 1. The van der Waals surface area contributed by atoms with E-state index in [9.17, 15) is 58.8 Å². The molecule has 0 radical (unpaired) electrons. The summed E-state index contributed by atoms with van der Waals surface area (Å²) in [4.78, 5) is 109. The minimum absolute atomic E-state index is 0.00964. The first-order chi connectivity index (χ1) is 32.5. The minimum Gasteiger partial charge on any atom is -0.508 e. The number of nitrogens with two attached hydrogens (primary N) is 1. The number of aromatic hydroxyl groups is 1. The third kappa shape index (κ3) is 18.0. The van der Waals surface area contributed by atoms with Crippen molar-refractivity contribution in [1.29, 1.82) is 0 Å². The van der Waals surface area contributed by atoms with E-state index in [4.69, 9.17) is 10.5 Å². The summed E-state index contributed by atoms with van der Waals surface area (Å²) in [7, 11) is 2.04. The third-order valence-corrected chi connectivity index (χ3v) is 13.6. The van der Waals surface area contributed by atoms with E-state index in [1.807, 2.05) is 30.3 Å². The van der Waals surface area contributed by atoms with Crippen LogP contribution < -0.4 is 37.6 Å². The molecule has 378 valence electrons. The van der Waals surface area contributed by atoms with Crippen LogP contribution in [0.5, 0.6) is 5.75 Å². The number of ketones is 1. The summed E-state index contributed by atoms with van der Waals surface area (Å²) in [6, 6.07) is 4.71. The number of carbonyl (C=O) groups is 8. The molecule has 0 spiro atoms. The van der Waals surface area contributed by atoms with Gasteiger partial charge in [-0.3, -0.25) is 28.8 Å². The second-order valence-electron chi connectivity index (χ2n) is 18.1. The van der Waals surface area contributed by atoms with Gasteiger partial charge in [0, 0.05) is 36.8 Å². The summed E-state index contributed by atoms with van der Waals surface area (Å²) in [5.41, 5.74) is 8.80. The molecule has 0 bridgehead atoms. The number of hydrogen-bond donors (Lipinski definition) is 11. The number of allylic oxidation sites excluding steroid dienone is 1. The predicted molar refractivity (Wildman–Crippen MR) is 259 cm³/mol. The van der Waals surface area contributed by atoms with E-state index in [2.05, 4.69) is 31.9 Å². The monoisotopic (exact) mass is 999 g/mol. The molecule has 0 aromatic heterocycles. The van der Waals surface area contributed by atoms with Crippen LogP contribution >= 0.6 is 21.6 Å². The zero-order valence-electron chi connectivity index (χ0n) is 39.3. The van der Waals surface area contributed by atoms with Crippen LogP contribution in [0.3, 0.4) is 0 Å². The number of carboxylic acids is 1. The van der Waals surface area contributed by atoms with Gasteiger partial charge in [0.05, 0.1) is 18.2 Å². The van der Waals surface area contributed by atoms with Crippen molar-refractivity contribution in [2.75, 3.05) is 18.1 Å². The van der Waals surface area contributed by atoms with Crippen molar-refractivity contribution in [1.82, 2.24) is 31.9 Å². The van der Waals surface area contributed by atoms with Crippen molar-refractivity contribution in [3.63, 3.8) is 0 Å². The first-order valence-corrected chi connectivity index (χ1v) is 25.2. The highest BCUT2D eigenvalue weighted by atomic mass is 33.1. The van der Waals surface area contributed by atoms with Gasteiger partial charge in [-0.05, 0) is 101 Å². The summed E-state index contributed by atoms with van der Waals surface area (Å²) in [6.07, 6.45) is -1.24. The van der Waals surface area contributed by atoms with Crippen LogP contribution in [-0.4, -0.2) is 140 Å². The zero-order valence-corrected chi connectivity index (χ0v) is 41.0. The molecule has 1 heterocycles. The number of amides is 6. The van der Waals surface area contributed by atoms with Crippen molar-refractivity contribution >= 4 is 74.5 Å². The molecule has 2 aromatic rings. The van der Waals surface area contributed by atoms with Crippen LogP contribution in [-0.2, 0) is 51.1 Å². The first-order valence-electron chi connectivity index (χ1n) is 22.7. The van der Waals surface area contributed by atoms with Crippen molar-refractivity contribution in [2.45, 2.75) is 134 Å². The van der Waals surface area contributed by atoms with Gasteiger partial charge in [0.1, 0.15) is 35.5 Å². The molecule has 2 aromatic carbocycles. The van der Waals surface area contributed by atoms with Crippen molar-refractivity contribution in [3.05, 3.63) is 71.3 Å². The van der Waals surface area contributed by atoms with Gasteiger partial charge in [-0.25, -0.2) is 9.59 Å². The number of carboxylic acid groups (broad SMARTS) is 1. The number of ether oxygens (including phenoxy) is 1. The Hall–Kier alpha value is -5.68. The van der Waals surface area contributed by atoms with E-state index in [0.29, 0.717) is 18.4 Å². The Morgan fingerprint density at radius 3 is 2.14 bits per heavy atom. The lowest BCUT2D eigenvalue weighted by Crippen LogP contribution is -2.62. The molecule has 0 unspecified atom stereocenters. The van der Waals surface area contributed by atoms with Crippen molar-refractivity contribution in [3.8, 4) is 5.75 Å². The quantitative estimate of drug-likeness (QED) is 0.0937. The number of alkyl carbamates (subject to hydrolysis) is 1. The topological polar surface area (TPSA) is 325 Å². The Morgan fingerprint density at radius 2 is 1.49 bits per heavy atom. The maximum absolute atomic E-state index is 14.6.